The SMILES string of the molecule is COc1ccc(C(C)(N)c2cc(C)ccc2F)cc1. The fraction of sp³-hybridized carbons (Fsp3) is 0.250. The van der Waals surface area contributed by atoms with Crippen molar-refractivity contribution in [2.75, 3.05) is 7.11 Å². The fourth-order valence-electron chi connectivity index (χ4n) is 2.13. The maximum atomic E-state index is 14.0. The molecule has 100 valence electrons. The van der Waals surface area contributed by atoms with Gasteiger partial charge in [-0.3, -0.25) is 0 Å². The van der Waals surface area contributed by atoms with E-state index in [1.807, 2.05) is 38.1 Å². The quantitative estimate of drug-likeness (QED) is 0.917. The first kappa shape index (κ1) is 13.6. The summed E-state index contributed by atoms with van der Waals surface area (Å²) in [6.45, 7) is 3.74. The van der Waals surface area contributed by atoms with Crippen LogP contribution in [0.4, 0.5) is 4.39 Å². The first-order valence-electron chi connectivity index (χ1n) is 6.15. The molecule has 0 aromatic heterocycles. The number of benzene rings is 2. The van der Waals surface area contributed by atoms with Gasteiger partial charge >= 0.3 is 0 Å². The molecule has 3 heteroatoms. The van der Waals surface area contributed by atoms with Crippen LogP contribution < -0.4 is 10.5 Å². The number of rotatable bonds is 3. The Hall–Kier alpha value is -1.87. The molecule has 1 unspecified atom stereocenters. The topological polar surface area (TPSA) is 35.2 Å². The van der Waals surface area contributed by atoms with Crippen LogP contribution in [0.1, 0.15) is 23.6 Å². The number of ether oxygens (including phenoxy) is 1. The summed E-state index contributed by atoms with van der Waals surface area (Å²) in [6, 6.07) is 12.4. The molecule has 0 radical (unpaired) electrons. The number of halogens is 1. The zero-order chi connectivity index (χ0) is 14.0. The third-order valence-corrected chi connectivity index (χ3v) is 3.37. The van der Waals surface area contributed by atoms with Crippen molar-refractivity contribution in [1.29, 1.82) is 0 Å². The van der Waals surface area contributed by atoms with Gasteiger partial charge in [-0.1, -0.05) is 29.8 Å². The summed E-state index contributed by atoms with van der Waals surface area (Å²) < 4.78 is 19.1. The summed E-state index contributed by atoms with van der Waals surface area (Å²) in [5.41, 5.74) is 7.80. The van der Waals surface area contributed by atoms with E-state index in [4.69, 9.17) is 10.5 Å². The first-order valence-corrected chi connectivity index (χ1v) is 6.15. The van der Waals surface area contributed by atoms with Gasteiger partial charge in [0.25, 0.3) is 0 Å². The fourth-order valence-corrected chi connectivity index (χ4v) is 2.13. The second-order valence-corrected chi connectivity index (χ2v) is 4.91. The second kappa shape index (κ2) is 5.02. The van der Waals surface area contributed by atoms with Crippen LogP contribution in [0, 0.1) is 12.7 Å². The van der Waals surface area contributed by atoms with Gasteiger partial charge in [-0.15, -0.1) is 0 Å². The predicted octanol–water partition coefficient (Wildman–Crippen LogP) is 3.36. The third kappa shape index (κ3) is 2.61. The maximum Gasteiger partial charge on any atom is 0.128 e. The van der Waals surface area contributed by atoms with Gasteiger partial charge in [-0.05, 0) is 37.6 Å². The zero-order valence-corrected chi connectivity index (χ0v) is 11.4. The van der Waals surface area contributed by atoms with E-state index in [1.165, 1.54) is 6.07 Å². The normalized spacial score (nSPS) is 13.9. The molecule has 2 aromatic carbocycles. The average Bonchev–Trinajstić information content (AvgIpc) is 2.41. The Labute approximate surface area is 113 Å². The second-order valence-electron chi connectivity index (χ2n) is 4.91. The van der Waals surface area contributed by atoms with Crippen molar-refractivity contribution in [1.82, 2.24) is 0 Å². The number of hydrogen-bond acceptors (Lipinski definition) is 2. The van der Waals surface area contributed by atoms with Crippen LogP contribution in [0.15, 0.2) is 42.5 Å². The van der Waals surface area contributed by atoms with Crippen molar-refractivity contribution in [3.8, 4) is 5.75 Å². The van der Waals surface area contributed by atoms with Crippen molar-refractivity contribution >= 4 is 0 Å². The molecule has 0 aliphatic carbocycles. The van der Waals surface area contributed by atoms with Crippen LogP contribution in [0.25, 0.3) is 0 Å². The lowest BCUT2D eigenvalue weighted by Crippen LogP contribution is -2.35. The van der Waals surface area contributed by atoms with E-state index in [9.17, 15) is 4.39 Å². The van der Waals surface area contributed by atoms with Crippen molar-refractivity contribution in [3.05, 3.63) is 65.0 Å². The van der Waals surface area contributed by atoms with Crippen LogP contribution in [0.3, 0.4) is 0 Å². The highest BCUT2D eigenvalue weighted by Crippen LogP contribution is 2.30. The van der Waals surface area contributed by atoms with Crippen molar-refractivity contribution in [2.45, 2.75) is 19.4 Å². The highest BCUT2D eigenvalue weighted by Gasteiger charge is 2.27. The summed E-state index contributed by atoms with van der Waals surface area (Å²) in [4.78, 5) is 0. The lowest BCUT2D eigenvalue weighted by molar-refractivity contribution is 0.414. The van der Waals surface area contributed by atoms with E-state index in [1.54, 1.807) is 19.2 Å². The third-order valence-electron chi connectivity index (χ3n) is 3.37. The summed E-state index contributed by atoms with van der Waals surface area (Å²) in [6.07, 6.45) is 0. The Balaban J connectivity index is 2.48. The molecule has 19 heavy (non-hydrogen) atoms. The molecule has 2 aromatic rings. The van der Waals surface area contributed by atoms with E-state index >= 15 is 0 Å². The molecule has 2 nitrogen and oxygen atoms in total. The smallest absolute Gasteiger partial charge is 0.128 e. The molecule has 0 aliphatic heterocycles. The monoisotopic (exact) mass is 259 g/mol. The average molecular weight is 259 g/mol. The molecule has 2 rings (SSSR count). The number of aryl methyl sites for hydroxylation is 1. The van der Waals surface area contributed by atoms with Crippen molar-refractivity contribution in [3.63, 3.8) is 0 Å². The molecule has 0 amide bonds. The molecular weight excluding hydrogens is 241 g/mol. The Morgan fingerprint density at radius 2 is 1.74 bits per heavy atom. The lowest BCUT2D eigenvalue weighted by atomic mass is 9.84. The maximum absolute atomic E-state index is 14.0. The molecule has 0 fully saturated rings. The van der Waals surface area contributed by atoms with Crippen LogP contribution in [-0.4, -0.2) is 7.11 Å². The van der Waals surface area contributed by atoms with Crippen molar-refractivity contribution in [2.24, 2.45) is 5.73 Å². The van der Waals surface area contributed by atoms with Gasteiger partial charge in [-0.25, -0.2) is 4.39 Å². The molecule has 2 N–H and O–H groups in total. The van der Waals surface area contributed by atoms with Gasteiger partial charge in [0.05, 0.1) is 12.6 Å². The summed E-state index contributed by atoms with van der Waals surface area (Å²) in [7, 11) is 1.61. The molecule has 0 heterocycles. The minimum absolute atomic E-state index is 0.286. The van der Waals surface area contributed by atoms with Crippen LogP contribution in [0.2, 0.25) is 0 Å². The van der Waals surface area contributed by atoms with Gasteiger partial charge in [0.2, 0.25) is 0 Å². The van der Waals surface area contributed by atoms with Gasteiger partial charge < -0.3 is 10.5 Å². The molecule has 0 spiro atoms. The molecule has 1 atom stereocenters. The van der Waals surface area contributed by atoms with Gasteiger partial charge in [0.1, 0.15) is 11.6 Å². The number of hydrogen-bond donors (Lipinski definition) is 1. The summed E-state index contributed by atoms with van der Waals surface area (Å²) in [5, 5.41) is 0. The number of nitrogens with two attached hydrogens (primary N) is 1. The van der Waals surface area contributed by atoms with Gasteiger partial charge in [0.15, 0.2) is 0 Å². The molecule has 0 saturated carbocycles. The molecule has 0 saturated heterocycles. The van der Waals surface area contributed by atoms with E-state index < -0.39 is 5.54 Å². The highest BCUT2D eigenvalue weighted by atomic mass is 19.1. The van der Waals surface area contributed by atoms with Crippen LogP contribution in [0.5, 0.6) is 5.75 Å². The van der Waals surface area contributed by atoms with Crippen molar-refractivity contribution < 1.29 is 9.13 Å². The van der Waals surface area contributed by atoms with Gasteiger partial charge in [0, 0.05) is 5.56 Å². The van der Waals surface area contributed by atoms with E-state index in [-0.39, 0.29) is 5.82 Å². The summed E-state index contributed by atoms with van der Waals surface area (Å²) >= 11 is 0. The standard InChI is InChI=1S/C16H18FNO/c1-11-4-9-15(17)14(10-11)16(2,18)12-5-7-13(19-3)8-6-12/h4-10H,18H2,1-3H3. The minimum atomic E-state index is -0.873. The van der Waals surface area contributed by atoms with E-state index in [2.05, 4.69) is 0 Å². The Morgan fingerprint density at radius 3 is 2.32 bits per heavy atom. The largest absolute Gasteiger partial charge is 0.497 e. The van der Waals surface area contributed by atoms with Gasteiger partial charge in [-0.2, -0.15) is 0 Å². The predicted molar refractivity (Wildman–Crippen MR) is 74.8 cm³/mol. The molecular formula is C16H18FNO. The highest BCUT2D eigenvalue weighted by molar-refractivity contribution is 5.41. The van der Waals surface area contributed by atoms with E-state index in [0.717, 1.165) is 16.9 Å². The summed E-state index contributed by atoms with van der Waals surface area (Å²) in [5.74, 6) is 0.468. The van der Waals surface area contributed by atoms with E-state index in [0.29, 0.717) is 5.56 Å². The van der Waals surface area contributed by atoms with Crippen LogP contribution >= 0.6 is 0 Å². The molecule has 0 aliphatic rings. The Bertz CT molecular complexity index is 576. The van der Waals surface area contributed by atoms with Crippen LogP contribution in [-0.2, 0) is 5.54 Å². The Morgan fingerprint density at radius 1 is 1.11 bits per heavy atom. The molecule has 0 bridgehead atoms. The zero-order valence-electron chi connectivity index (χ0n) is 11.4. The number of methoxy groups -OCH3 is 1. The Kier molecular flexibility index (Phi) is 3.58. The minimum Gasteiger partial charge on any atom is -0.497 e. The lowest BCUT2D eigenvalue weighted by Gasteiger charge is -2.27. The first-order chi connectivity index (χ1) is 8.95.